The van der Waals surface area contributed by atoms with Gasteiger partial charge in [0.25, 0.3) is 0 Å². The van der Waals surface area contributed by atoms with Crippen molar-refractivity contribution in [2.75, 3.05) is 6.61 Å². The van der Waals surface area contributed by atoms with Crippen LogP contribution in [0.5, 0.6) is 11.5 Å². The van der Waals surface area contributed by atoms with E-state index in [1.54, 1.807) is 0 Å². The quantitative estimate of drug-likeness (QED) is 0.619. The van der Waals surface area contributed by atoms with Gasteiger partial charge < -0.3 is 9.47 Å². The second-order valence-electron chi connectivity index (χ2n) is 7.93. The van der Waals surface area contributed by atoms with Crippen LogP contribution in [0.15, 0.2) is 67.3 Å². The molecule has 0 bridgehead atoms. The lowest BCUT2D eigenvalue weighted by atomic mass is 9.60. The van der Waals surface area contributed by atoms with Crippen LogP contribution in [0.25, 0.3) is 0 Å². The molecule has 3 atom stereocenters. The summed E-state index contributed by atoms with van der Waals surface area (Å²) in [5.41, 5.74) is 1.99. The van der Waals surface area contributed by atoms with Crippen molar-refractivity contribution >= 4 is 0 Å². The molecule has 5 rings (SSSR count). The lowest BCUT2D eigenvalue weighted by Gasteiger charge is -2.48. The van der Waals surface area contributed by atoms with E-state index in [0.29, 0.717) is 10.8 Å². The third-order valence-corrected chi connectivity index (χ3v) is 6.91. The van der Waals surface area contributed by atoms with Gasteiger partial charge in [0.05, 0.1) is 12.2 Å². The highest BCUT2D eigenvalue weighted by Gasteiger charge is 2.84. The second-order valence-corrected chi connectivity index (χ2v) is 7.93. The van der Waals surface area contributed by atoms with E-state index in [2.05, 4.69) is 24.8 Å². The molecule has 2 heteroatoms. The fourth-order valence-corrected chi connectivity index (χ4v) is 5.49. The summed E-state index contributed by atoms with van der Waals surface area (Å²) in [6.07, 6.45) is 8.12. The largest absolute Gasteiger partial charge is 0.457 e. The van der Waals surface area contributed by atoms with Crippen molar-refractivity contribution in [2.45, 2.75) is 37.7 Å². The Kier molecular flexibility index (Phi) is 3.18. The van der Waals surface area contributed by atoms with Crippen LogP contribution in [-0.2, 0) is 10.3 Å². The number of benzene rings is 2. The van der Waals surface area contributed by atoms with E-state index >= 15 is 0 Å². The molecule has 2 saturated carbocycles. The van der Waals surface area contributed by atoms with Crippen LogP contribution in [0, 0.1) is 10.8 Å². The fourth-order valence-electron chi connectivity index (χ4n) is 5.49. The Balaban J connectivity index is 1.43. The standard InChI is InChI=1S/C23H24O2/c1-2-3-12-21-16-22(21)13-14-23(22,24-17-21)18-8-7-11-20(15-18)25-19-9-5-4-6-10-19/h2,4-11,15H,1,3,12-14,16-17H2. The number of hydrogen-bond donors (Lipinski definition) is 0. The fraction of sp³-hybridized carbons (Fsp3) is 0.391. The zero-order valence-corrected chi connectivity index (χ0v) is 14.5. The summed E-state index contributed by atoms with van der Waals surface area (Å²) in [7, 11) is 0. The average molecular weight is 332 g/mol. The molecule has 1 aliphatic heterocycles. The maximum atomic E-state index is 6.49. The molecule has 2 aromatic carbocycles. The third kappa shape index (κ3) is 1.95. The zero-order valence-electron chi connectivity index (χ0n) is 14.5. The van der Waals surface area contributed by atoms with Gasteiger partial charge in [-0.1, -0.05) is 36.4 Å². The molecule has 0 N–H and O–H groups in total. The van der Waals surface area contributed by atoms with Crippen LogP contribution in [0.2, 0.25) is 0 Å². The highest BCUT2D eigenvalue weighted by Crippen LogP contribution is 2.87. The summed E-state index contributed by atoms with van der Waals surface area (Å²) < 4.78 is 12.5. The van der Waals surface area contributed by atoms with Crippen LogP contribution in [0.4, 0.5) is 0 Å². The van der Waals surface area contributed by atoms with Gasteiger partial charge in [-0.15, -0.1) is 6.58 Å². The Morgan fingerprint density at radius 1 is 1.04 bits per heavy atom. The first-order chi connectivity index (χ1) is 12.2. The summed E-state index contributed by atoms with van der Waals surface area (Å²) in [5.74, 6) is 1.77. The molecule has 0 aromatic heterocycles. The SMILES string of the molecule is C=CCCC12COC3(c4cccc(Oc5ccccc5)c4)CCC13C2. The maximum Gasteiger partial charge on any atom is 0.127 e. The molecule has 0 amide bonds. The molecule has 2 aliphatic carbocycles. The van der Waals surface area contributed by atoms with Crippen molar-refractivity contribution in [1.82, 2.24) is 0 Å². The van der Waals surface area contributed by atoms with Crippen LogP contribution in [-0.4, -0.2) is 6.61 Å². The predicted octanol–water partition coefficient (Wildman–Crippen LogP) is 5.84. The highest BCUT2D eigenvalue weighted by molar-refractivity contribution is 5.44. The van der Waals surface area contributed by atoms with Gasteiger partial charge in [0, 0.05) is 10.8 Å². The number of hydrogen-bond acceptors (Lipinski definition) is 2. The first-order valence-electron chi connectivity index (χ1n) is 9.32. The monoisotopic (exact) mass is 332 g/mol. The minimum absolute atomic E-state index is 0.0791. The molecule has 2 aromatic rings. The molecule has 1 spiro atoms. The van der Waals surface area contributed by atoms with Crippen LogP contribution < -0.4 is 4.74 Å². The topological polar surface area (TPSA) is 18.5 Å². The van der Waals surface area contributed by atoms with E-state index in [0.717, 1.165) is 30.9 Å². The average Bonchev–Trinajstić information content (AvgIpc) is 3.28. The zero-order chi connectivity index (χ0) is 17.0. The Morgan fingerprint density at radius 3 is 2.64 bits per heavy atom. The van der Waals surface area contributed by atoms with Crippen molar-refractivity contribution in [3.63, 3.8) is 0 Å². The molecule has 1 heterocycles. The van der Waals surface area contributed by atoms with Gasteiger partial charge in [0.15, 0.2) is 0 Å². The van der Waals surface area contributed by atoms with E-state index in [-0.39, 0.29) is 5.60 Å². The lowest BCUT2D eigenvalue weighted by molar-refractivity contribution is -0.125. The van der Waals surface area contributed by atoms with E-state index < -0.39 is 0 Å². The molecule has 0 radical (unpaired) electrons. The number of ether oxygens (including phenoxy) is 2. The second kappa shape index (κ2) is 5.22. The van der Waals surface area contributed by atoms with Gasteiger partial charge in [-0.2, -0.15) is 0 Å². The highest BCUT2D eigenvalue weighted by atomic mass is 16.5. The van der Waals surface area contributed by atoms with E-state index in [9.17, 15) is 0 Å². The van der Waals surface area contributed by atoms with Gasteiger partial charge in [-0.3, -0.25) is 0 Å². The Labute approximate surface area is 149 Å². The van der Waals surface area contributed by atoms with Gasteiger partial charge in [0.1, 0.15) is 11.5 Å². The van der Waals surface area contributed by atoms with Crippen molar-refractivity contribution in [3.8, 4) is 11.5 Å². The van der Waals surface area contributed by atoms with Gasteiger partial charge in [0.2, 0.25) is 0 Å². The normalized spacial score (nSPS) is 34.6. The minimum Gasteiger partial charge on any atom is -0.457 e. The van der Waals surface area contributed by atoms with E-state index in [1.807, 2.05) is 42.5 Å². The molecule has 128 valence electrons. The summed E-state index contributed by atoms with van der Waals surface area (Å²) in [6.45, 7) is 4.81. The molecular weight excluding hydrogens is 308 g/mol. The summed E-state index contributed by atoms with van der Waals surface area (Å²) >= 11 is 0. The van der Waals surface area contributed by atoms with Gasteiger partial charge in [-0.05, 0) is 61.9 Å². The number of rotatable bonds is 6. The van der Waals surface area contributed by atoms with E-state index in [4.69, 9.17) is 9.47 Å². The van der Waals surface area contributed by atoms with E-state index in [1.165, 1.54) is 24.8 Å². The molecule has 3 fully saturated rings. The smallest absolute Gasteiger partial charge is 0.127 e. The van der Waals surface area contributed by atoms with Crippen molar-refractivity contribution < 1.29 is 9.47 Å². The molecular formula is C23H24O2. The minimum atomic E-state index is -0.0791. The lowest BCUT2D eigenvalue weighted by Crippen LogP contribution is -2.46. The van der Waals surface area contributed by atoms with Crippen LogP contribution in [0.3, 0.4) is 0 Å². The Morgan fingerprint density at radius 2 is 1.88 bits per heavy atom. The summed E-state index contributed by atoms with van der Waals surface area (Å²) in [4.78, 5) is 0. The Bertz CT molecular complexity index is 810. The predicted molar refractivity (Wildman–Crippen MR) is 98.7 cm³/mol. The van der Waals surface area contributed by atoms with Crippen molar-refractivity contribution in [1.29, 1.82) is 0 Å². The first kappa shape index (κ1) is 15.2. The molecule has 25 heavy (non-hydrogen) atoms. The van der Waals surface area contributed by atoms with Gasteiger partial charge >= 0.3 is 0 Å². The molecule has 1 saturated heterocycles. The van der Waals surface area contributed by atoms with Crippen LogP contribution in [0.1, 0.15) is 37.7 Å². The molecule has 2 nitrogen and oxygen atoms in total. The summed E-state index contributed by atoms with van der Waals surface area (Å²) in [6, 6.07) is 18.5. The summed E-state index contributed by atoms with van der Waals surface area (Å²) in [5, 5.41) is 0. The van der Waals surface area contributed by atoms with Crippen LogP contribution >= 0.6 is 0 Å². The number of para-hydroxylation sites is 1. The Hall–Kier alpha value is -2.06. The molecule has 3 aliphatic rings. The van der Waals surface area contributed by atoms with Gasteiger partial charge in [-0.25, -0.2) is 0 Å². The first-order valence-corrected chi connectivity index (χ1v) is 9.32. The van der Waals surface area contributed by atoms with Crippen molar-refractivity contribution in [3.05, 3.63) is 72.8 Å². The third-order valence-electron chi connectivity index (χ3n) is 6.91. The molecule has 3 unspecified atom stereocenters. The van der Waals surface area contributed by atoms with Crippen molar-refractivity contribution in [2.24, 2.45) is 10.8 Å². The number of allylic oxidation sites excluding steroid dienone is 1. The maximum absolute atomic E-state index is 6.49.